The number of aromatic nitrogens is 2. The highest BCUT2D eigenvalue weighted by molar-refractivity contribution is 6.01. The third-order valence-corrected chi connectivity index (χ3v) is 3.42. The fourth-order valence-corrected chi connectivity index (χ4v) is 2.42. The standard InChI is InChI=1S/C16H11N3O2/c1-10-4-2-7-14(12(10)8-17)19-9-18-13-6-3-5-11(15(13)19)16(20)21/h2-7,9H,1H3,(H,20,21). The summed E-state index contributed by atoms with van der Waals surface area (Å²) >= 11 is 0. The van der Waals surface area contributed by atoms with Crippen LogP contribution >= 0.6 is 0 Å². The fourth-order valence-electron chi connectivity index (χ4n) is 2.42. The van der Waals surface area contributed by atoms with Gasteiger partial charge in [0.05, 0.1) is 27.8 Å². The Morgan fingerprint density at radius 3 is 2.76 bits per heavy atom. The number of rotatable bonds is 2. The van der Waals surface area contributed by atoms with Crippen molar-refractivity contribution in [3.05, 3.63) is 59.4 Å². The van der Waals surface area contributed by atoms with E-state index in [2.05, 4.69) is 11.1 Å². The van der Waals surface area contributed by atoms with E-state index < -0.39 is 5.97 Å². The molecule has 0 aliphatic carbocycles. The van der Waals surface area contributed by atoms with Gasteiger partial charge in [0.15, 0.2) is 0 Å². The monoisotopic (exact) mass is 277 g/mol. The van der Waals surface area contributed by atoms with Gasteiger partial charge in [-0.15, -0.1) is 0 Å². The van der Waals surface area contributed by atoms with Gasteiger partial charge >= 0.3 is 5.97 Å². The molecule has 3 rings (SSSR count). The van der Waals surface area contributed by atoms with Gasteiger partial charge in [-0.05, 0) is 30.7 Å². The lowest BCUT2D eigenvalue weighted by Crippen LogP contribution is -2.03. The first-order valence-corrected chi connectivity index (χ1v) is 6.33. The van der Waals surface area contributed by atoms with Crippen LogP contribution in [-0.2, 0) is 0 Å². The van der Waals surface area contributed by atoms with Crippen LogP contribution in [0.15, 0.2) is 42.7 Å². The summed E-state index contributed by atoms with van der Waals surface area (Å²) in [7, 11) is 0. The maximum absolute atomic E-state index is 11.4. The van der Waals surface area contributed by atoms with Crippen molar-refractivity contribution < 1.29 is 9.90 Å². The molecule has 1 aromatic heterocycles. The summed E-state index contributed by atoms with van der Waals surface area (Å²) < 4.78 is 1.66. The van der Waals surface area contributed by atoms with E-state index in [-0.39, 0.29) is 5.56 Å². The Hall–Kier alpha value is -3.13. The molecule has 0 unspecified atom stereocenters. The van der Waals surface area contributed by atoms with Gasteiger partial charge in [0.1, 0.15) is 12.4 Å². The molecule has 5 nitrogen and oxygen atoms in total. The molecule has 0 aliphatic rings. The Morgan fingerprint density at radius 1 is 1.29 bits per heavy atom. The first kappa shape index (κ1) is 12.9. The summed E-state index contributed by atoms with van der Waals surface area (Å²) in [5.74, 6) is -1.02. The third-order valence-electron chi connectivity index (χ3n) is 3.42. The third kappa shape index (κ3) is 1.94. The lowest BCUT2D eigenvalue weighted by atomic mass is 10.1. The van der Waals surface area contributed by atoms with Gasteiger partial charge in [-0.25, -0.2) is 9.78 Å². The van der Waals surface area contributed by atoms with E-state index in [1.54, 1.807) is 29.1 Å². The Labute approximate surface area is 120 Å². The quantitative estimate of drug-likeness (QED) is 0.781. The predicted octanol–water partition coefficient (Wildman–Crippen LogP) is 2.90. The Morgan fingerprint density at radius 2 is 2.05 bits per heavy atom. The lowest BCUT2D eigenvalue weighted by Gasteiger charge is -2.10. The molecule has 0 saturated carbocycles. The van der Waals surface area contributed by atoms with Crippen molar-refractivity contribution in [2.75, 3.05) is 0 Å². The predicted molar refractivity (Wildman–Crippen MR) is 77.5 cm³/mol. The highest BCUT2D eigenvalue weighted by atomic mass is 16.4. The van der Waals surface area contributed by atoms with Crippen LogP contribution in [0.4, 0.5) is 0 Å². The summed E-state index contributed by atoms with van der Waals surface area (Å²) in [5, 5.41) is 18.7. The number of aryl methyl sites for hydroxylation is 1. The van der Waals surface area contributed by atoms with Gasteiger partial charge in [0.25, 0.3) is 0 Å². The van der Waals surface area contributed by atoms with E-state index >= 15 is 0 Å². The highest BCUT2D eigenvalue weighted by Crippen LogP contribution is 2.25. The van der Waals surface area contributed by atoms with Gasteiger partial charge in [-0.2, -0.15) is 5.26 Å². The minimum absolute atomic E-state index is 0.162. The molecule has 0 fully saturated rings. The molecule has 0 aliphatic heterocycles. The van der Waals surface area contributed by atoms with E-state index in [0.717, 1.165) is 5.56 Å². The van der Waals surface area contributed by atoms with Crippen molar-refractivity contribution >= 4 is 17.0 Å². The van der Waals surface area contributed by atoms with E-state index in [9.17, 15) is 15.2 Å². The normalized spacial score (nSPS) is 10.5. The van der Waals surface area contributed by atoms with Crippen LogP contribution in [0.5, 0.6) is 0 Å². The number of hydrogen-bond donors (Lipinski definition) is 1. The summed E-state index contributed by atoms with van der Waals surface area (Å²) in [5.41, 5.74) is 3.22. The van der Waals surface area contributed by atoms with Crippen molar-refractivity contribution in [1.29, 1.82) is 5.26 Å². The van der Waals surface area contributed by atoms with Crippen LogP contribution in [0.25, 0.3) is 16.7 Å². The molecule has 21 heavy (non-hydrogen) atoms. The summed E-state index contributed by atoms with van der Waals surface area (Å²) in [6.07, 6.45) is 1.55. The zero-order chi connectivity index (χ0) is 15.0. The number of imidazole rings is 1. The highest BCUT2D eigenvalue weighted by Gasteiger charge is 2.16. The number of carbonyl (C=O) groups is 1. The molecule has 0 spiro atoms. The number of fused-ring (bicyclic) bond motifs is 1. The lowest BCUT2D eigenvalue weighted by molar-refractivity contribution is 0.0698. The largest absolute Gasteiger partial charge is 0.478 e. The van der Waals surface area contributed by atoms with Crippen molar-refractivity contribution in [3.8, 4) is 11.8 Å². The average Bonchev–Trinajstić information content (AvgIpc) is 2.90. The van der Waals surface area contributed by atoms with Crippen molar-refractivity contribution in [2.45, 2.75) is 6.92 Å². The van der Waals surface area contributed by atoms with Crippen molar-refractivity contribution in [3.63, 3.8) is 0 Å². The van der Waals surface area contributed by atoms with Crippen molar-refractivity contribution in [1.82, 2.24) is 9.55 Å². The number of hydrogen-bond acceptors (Lipinski definition) is 3. The second-order valence-corrected chi connectivity index (χ2v) is 4.67. The molecule has 102 valence electrons. The first-order valence-electron chi connectivity index (χ1n) is 6.33. The number of nitriles is 1. The van der Waals surface area contributed by atoms with Crippen LogP contribution in [0, 0.1) is 18.3 Å². The van der Waals surface area contributed by atoms with Gasteiger partial charge in [0.2, 0.25) is 0 Å². The van der Waals surface area contributed by atoms with Crippen LogP contribution in [0.1, 0.15) is 21.5 Å². The van der Waals surface area contributed by atoms with Gasteiger partial charge in [0, 0.05) is 0 Å². The minimum atomic E-state index is -1.02. The summed E-state index contributed by atoms with van der Waals surface area (Å²) in [6.45, 7) is 1.85. The number of carboxylic acid groups (broad SMARTS) is 1. The first-order chi connectivity index (χ1) is 10.1. The second-order valence-electron chi connectivity index (χ2n) is 4.67. The zero-order valence-electron chi connectivity index (χ0n) is 11.2. The maximum Gasteiger partial charge on any atom is 0.337 e. The Balaban J connectivity index is 2.40. The molecule has 0 amide bonds. The SMILES string of the molecule is Cc1cccc(-n2cnc3cccc(C(=O)O)c32)c1C#N. The number of aromatic carboxylic acids is 1. The number of para-hydroxylation sites is 1. The molecule has 0 atom stereocenters. The van der Waals surface area contributed by atoms with Gasteiger partial charge in [-0.1, -0.05) is 18.2 Å². The Bertz CT molecular complexity index is 904. The zero-order valence-corrected chi connectivity index (χ0v) is 11.2. The van der Waals surface area contributed by atoms with Crippen LogP contribution in [0.3, 0.4) is 0 Å². The molecule has 1 N–H and O–H groups in total. The molecular formula is C16H11N3O2. The summed E-state index contributed by atoms with van der Waals surface area (Å²) in [4.78, 5) is 15.6. The van der Waals surface area contributed by atoms with Crippen LogP contribution < -0.4 is 0 Å². The topological polar surface area (TPSA) is 78.9 Å². The molecule has 2 aromatic carbocycles. The molecule has 0 saturated heterocycles. The van der Waals surface area contributed by atoms with Crippen LogP contribution in [0.2, 0.25) is 0 Å². The minimum Gasteiger partial charge on any atom is -0.478 e. The van der Waals surface area contributed by atoms with E-state index in [4.69, 9.17) is 0 Å². The fraction of sp³-hybridized carbons (Fsp3) is 0.0625. The Kier molecular flexibility index (Phi) is 2.92. The van der Waals surface area contributed by atoms with Crippen molar-refractivity contribution in [2.24, 2.45) is 0 Å². The molecule has 1 heterocycles. The van der Waals surface area contributed by atoms with E-state index in [1.807, 2.05) is 19.1 Å². The van der Waals surface area contributed by atoms with Gasteiger partial charge in [-0.3, -0.25) is 4.57 Å². The smallest absolute Gasteiger partial charge is 0.337 e. The maximum atomic E-state index is 11.4. The number of nitrogens with zero attached hydrogens (tertiary/aromatic N) is 3. The molecule has 0 bridgehead atoms. The molecule has 0 radical (unpaired) electrons. The molecule has 5 heteroatoms. The number of carboxylic acids is 1. The average molecular weight is 277 g/mol. The van der Waals surface area contributed by atoms with E-state index in [0.29, 0.717) is 22.3 Å². The molecular weight excluding hydrogens is 266 g/mol. The van der Waals surface area contributed by atoms with Crippen LogP contribution in [-0.4, -0.2) is 20.6 Å². The van der Waals surface area contributed by atoms with E-state index in [1.165, 1.54) is 6.07 Å². The van der Waals surface area contributed by atoms with Gasteiger partial charge < -0.3 is 5.11 Å². The second kappa shape index (κ2) is 4.76. The summed E-state index contributed by atoms with van der Waals surface area (Å²) in [6, 6.07) is 12.6. The number of benzene rings is 2. The molecule has 3 aromatic rings.